The molecule has 0 atom stereocenters. The van der Waals surface area contributed by atoms with Gasteiger partial charge in [-0.15, -0.1) is 0 Å². The largest absolute Gasteiger partial charge is 0.491 e. The van der Waals surface area contributed by atoms with Crippen LogP contribution in [0.2, 0.25) is 0 Å². The highest BCUT2D eigenvalue weighted by Crippen LogP contribution is 2.21. The summed E-state index contributed by atoms with van der Waals surface area (Å²) in [5.74, 6) is -2.10. The van der Waals surface area contributed by atoms with Crippen LogP contribution >= 0.6 is 0 Å². The molecule has 74 valence electrons. The molecular formula is C9H8F2N2O. The molecule has 0 spiro atoms. The monoisotopic (exact) mass is 198 g/mol. The first-order chi connectivity index (χ1) is 6.69. The predicted molar refractivity (Wildman–Crippen MR) is 45.6 cm³/mol. The minimum absolute atomic E-state index is 0.0110. The normalized spacial score (nSPS) is 9.57. The quantitative estimate of drug-likeness (QED) is 0.793. The van der Waals surface area contributed by atoms with Gasteiger partial charge in [-0.25, -0.2) is 8.78 Å². The molecule has 0 bridgehead atoms. The first-order valence-corrected chi connectivity index (χ1v) is 3.91. The van der Waals surface area contributed by atoms with E-state index < -0.39 is 11.6 Å². The summed E-state index contributed by atoms with van der Waals surface area (Å²) >= 11 is 0. The van der Waals surface area contributed by atoms with Gasteiger partial charge in [0.15, 0.2) is 11.6 Å². The number of hydrogen-bond donors (Lipinski definition) is 1. The molecule has 3 nitrogen and oxygen atoms in total. The second-order valence-electron chi connectivity index (χ2n) is 2.51. The van der Waals surface area contributed by atoms with E-state index >= 15 is 0 Å². The van der Waals surface area contributed by atoms with Crippen molar-refractivity contribution in [2.24, 2.45) is 5.73 Å². The maximum Gasteiger partial charge on any atom is 0.162 e. The molecule has 1 rings (SSSR count). The zero-order valence-electron chi connectivity index (χ0n) is 7.26. The summed E-state index contributed by atoms with van der Waals surface area (Å²) in [4.78, 5) is 0. The molecule has 0 unspecified atom stereocenters. The predicted octanol–water partition coefficient (Wildman–Crippen LogP) is 1.17. The molecule has 1 aromatic carbocycles. The van der Waals surface area contributed by atoms with Crippen LogP contribution in [-0.4, -0.2) is 13.2 Å². The number of rotatable bonds is 3. The van der Waals surface area contributed by atoms with Gasteiger partial charge >= 0.3 is 0 Å². The second kappa shape index (κ2) is 4.53. The van der Waals surface area contributed by atoms with Gasteiger partial charge in [-0.3, -0.25) is 0 Å². The van der Waals surface area contributed by atoms with Crippen LogP contribution in [-0.2, 0) is 0 Å². The third kappa shape index (κ3) is 2.18. The topological polar surface area (TPSA) is 59.0 Å². The highest BCUT2D eigenvalue weighted by atomic mass is 19.2. The van der Waals surface area contributed by atoms with E-state index in [0.717, 1.165) is 12.1 Å². The van der Waals surface area contributed by atoms with Crippen molar-refractivity contribution < 1.29 is 13.5 Å². The van der Waals surface area contributed by atoms with Crippen molar-refractivity contribution in [2.45, 2.75) is 0 Å². The summed E-state index contributed by atoms with van der Waals surface area (Å²) in [5, 5.41) is 8.58. The zero-order chi connectivity index (χ0) is 10.6. The molecule has 0 aliphatic heterocycles. The van der Waals surface area contributed by atoms with Crippen LogP contribution in [0.5, 0.6) is 5.75 Å². The zero-order valence-corrected chi connectivity index (χ0v) is 7.26. The first kappa shape index (κ1) is 10.4. The number of nitrogens with two attached hydrogens (primary N) is 1. The fraction of sp³-hybridized carbons (Fsp3) is 0.222. The smallest absolute Gasteiger partial charge is 0.162 e. The van der Waals surface area contributed by atoms with Crippen molar-refractivity contribution in [3.05, 3.63) is 29.3 Å². The van der Waals surface area contributed by atoms with Crippen LogP contribution in [0.4, 0.5) is 8.78 Å². The van der Waals surface area contributed by atoms with Crippen LogP contribution < -0.4 is 10.5 Å². The standard InChI is InChI=1S/C9H8F2N2O/c10-7-3-6(5-13)9(4-8(7)11)14-2-1-12/h3-4H,1-2,12H2. The molecule has 0 aliphatic carbocycles. The Labute approximate surface area is 79.7 Å². The minimum atomic E-state index is -1.07. The molecular weight excluding hydrogens is 190 g/mol. The highest BCUT2D eigenvalue weighted by Gasteiger charge is 2.10. The molecule has 0 saturated carbocycles. The van der Waals surface area contributed by atoms with Crippen molar-refractivity contribution in [2.75, 3.05) is 13.2 Å². The maximum absolute atomic E-state index is 12.7. The van der Waals surface area contributed by atoms with Gasteiger partial charge in [0.1, 0.15) is 18.4 Å². The first-order valence-electron chi connectivity index (χ1n) is 3.91. The summed E-state index contributed by atoms with van der Waals surface area (Å²) in [6, 6.07) is 3.33. The van der Waals surface area contributed by atoms with E-state index in [0.29, 0.717) is 0 Å². The molecule has 0 fully saturated rings. The van der Waals surface area contributed by atoms with Crippen molar-refractivity contribution in [1.29, 1.82) is 5.26 Å². The van der Waals surface area contributed by atoms with Crippen LogP contribution in [0.15, 0.2) is 12.1 Å². The Kier molecular flexibility index (Phi) is 3.37. The summed E-state index contributed by atoms with van der Waals surface area (Å²) in [5.41, 5.74) is 5.12. The lowest BCUT2D eigenvalue weighted by atomic mass is 10.2. The number of benzene rings is 1. The van der Waals surface area contributed by atoms with E-state index in [1.807, 2.05) is 0 Å². The molecule has 0 saturated heterocycles. The van der Waals surface area contributed by atoms with E-state index in [4.69, 9.17) is 15.7 Å². The summed E-state index contributed by atoms with van der Waals surface area (Å²) < 4.78 is 30.3. The molecule has 0 amide bonds. The van der Waals surface area contributed by atoms with Gasteiger partial charge in [-0.2, -0.15) is 5.26 Å². The van der Waals surface area contributed by atoms with Gasteiger partial charge in [-0.05, 0) is 6.07 Å². The summed E-state index contributed by atoms with van der Waals surface area (Å²) in [6.07, 6.45) is 0. The van der Waals surface area contributed by atoms with Gasteiger partial charge in [-0.1, -0.05) is 0 Å². The second-order valence-corrected chi connectivity index (χ2v) is 2.51. The SMILES string of the molecule is N#Cc1cc(F)c(F)cc1OCCN. The summed E-state index contributed by atoms with van der Waals surface area (Å²) in [6.45, 7) is 0.392. The number of halogens is 2. The Morgan fingerprint density at radius 2 is 2.00 bits per heavy atom. The van der Waals surface area contributed by atoms with E-state index in [2.05, 4.69) is 0 Å². The fourth-order valence-corrected chi connectivity index (χ4v) is 0.904. The Bertz CT molecular complexity index is 374. The maximum atomic E-state index is 12.7. The number of nitrogens with zero attached hydrogens (tertiary/aromatic N) is 1. The van der Waals surface area contributed by atoms with Gasteiger partial charge in [0.05, 0.1) is 5.56 Å². The lowest BCUT2D eigenvalue weighted by molar-refractivity contribution is 0.324. The molecule has 5 heteroatoms. The molecule has 0 aromatic heterocycles. The number of hydrogen-bond acceptors (Lipinski definition) is 3. The average molecular weight is 198 g/mol. The van der Waals surface area contributed by atoms with Crippen molar-refractivity contribution >= 4 is 0 Å². The van der Waals surface area contributed by atoms with Crippen molar-refractivity contribution in [3.63, 3.8) is 0 Å². The van der Waals surface area contributed by atoms with Crippen LogP contribution in [0.25, 0.3) is 0 Å². The molecule has 1 aromatic rings. The molecule has 14 heavy (non-hydrogen) atoms. The van der Waals surface area contributed by atoms with Crippen LogP contribution in [0.3, 0.4) is 0 Å². The van der Waals surface area contributed by atoms with Gasteiger partial charge in [0.2, 0.25) is 0 Å². The third-order valence-corrected chi connectivity index (χ3v) is 1.52. The average Bonchev–Trinajstić information content (AvgIpc) is 2.19. The van der Waals surface area contributed by atoms with Crippen LogP contribution in [0.1, 0.15) is 5.56 Å². The summed E-state index contributed by atoms with van der Waals surface area (Å²) in [7, 11) is 0. The molecule has 0 aliphatic rings. The Hall–Kier alpha value is -1.67. The fourth-order valence-electron chi connectivity index (χ4n) is 0.904. The van der Waals surface area contributed by atoms with Crippen LogP contribution in [0, 0.1) is 23.0 Å². The van der Waals surface area contributed by atoms with E-state index in [1.165, 1.54) is 0 Å². The lowest BCUT2D eigenvalue weighted by Gasteiger charge is -2.06. The molecule has 0 heterocycles. The third-order valence-electron chi connectivity index (χ3n) is 1.52. The van der Waals surface area contributed by atoms with Crippen molar-refractivity contribution in [3.8, 4) is 11.8 Å². The highest BCUT2D eigenvalue weighted by molar-refractivity contribution is 5.43. The Balaban J connectivity index is 3.02. The van der Waals surface area contributed by atoms with Gasteiger partial charge in [0.25, 0.3) is 0 Å². The number of ether oxygens (including phenoxy) is 1. The van der Waals surface area contributed by atoms with E-state index in [9.17, 15) is 8.78 Å². The Morgan fingerprint density at radius 3 is 2.57 bits per heavy atom. The lowest BCUT2D eigenvalue weighted by Crippen LogP contribution is -2.11. The molecule has 2 N–H and O–H groups in total. The van der Waals surface area contributed by atoms with E-state index in [1.54, 1.807) is 6.07 Å². The van der Waals surface area contributed by atoms with E-state index in [-0.39, 0.29) is 24.5 Å². The molecule has 0 radical (unpaired) electrons. The minimum Gasteiger partial charge on any atom is -0.491 e. The number of nitriles is 1. The van der Waals surface area contributed by atoms with Gasteiger partial charge < -0.3 is 10.5 Å². The van der Waals surface area contributed by atoms with Crippen molar-refractivity contribution in [1.82, 2.24) is 0 Å². The Morgan fingerprint density at radius 1 is 1.36 bits per heavy atom. The van der Waals surface area contributed by atoms with Gasteiger partial charge in [0, 0.05) is 12.6 Å².